The molecule has 1 aromatic rings. The fourth-order valence-electron chi connectivity index (χ4n) is 3.02. The van der Waals surface area contributed by atoms with Crippen molar-refractivity contribution in [2.45, 2.75) is 31.5 Å². The van der Waals surface area contributed by atoms with Crippen LogP contribution in [-0.4, -0.2) is 25.2 Å². The van der Waals surface area contributed by atoms with E-state index in [1.54, 1.807) is 12.1 Å². The zero-order valence-corrected chi connectivity index (χ0v) is 11.0. The Morgan fingerprint density at radius 3 is 2.80 bits per heavy atom. The molecule has 0 aromatic heterocycles. The Bertz CT molecular complexity index is 570. The number of para-hydroxylation sites is 1. The van der Waals surface area contributed by atoms with E-state index in [0.29, 0.717) is 25.3 Å². The Balaban J connectivity index is 2.26. The smallest absolute Gasteiger partial charge is 0.311 e. The Morgan fingerprint density at radius 1 is 1.35 bits per heavy atom. The summed E-state index contributed by atoms with van der Waals surface area (Å²) in [6, 6.07) is 4.91. The van der Waals surface area contributed by atoms with Gasteiger partial charge in [-0.3, -0.25) is 4.79 Å². The number of amides is 1. The molecule has 1 N–H and O–H groups in total. The van der Waals surface area contributed by atoms with Gasteiger partial charge < -0.3 is 10.2 Å². The minimum absolute atomic E-state index is 0.214. The number of halogens is 3. The summed E-state index contributed by atoms with van der Waals surface area (Å²) in [4.78, 5) is 13.7. The predicted molar refractivity (Wildman–Crippen MR) is 68.5 cm³/mol. The number of hydrogen-bond donors (Lipinski definition) is 1. The molecule has 0 saturated carbocycles. The lowest BCUT2D eigenvalue weighted by Gasteiger charge is -2.41. The van der Waals surface area contributed by atoms with Gasteiger partial charge in [-0.05, 0) is 18.1 Å². The first-order chi connectivity index (χ1) is 9.34. The number of benzene rings is 1. The van der Waals surface area contributed by atoms with Crippen molar-refractivity contribution in [3.63, 3.8) is 0 Å². The van der Waals surface area contributed by atoms with Crippen molar-refractivity contribution in [3.8, 4) is 0 Å². The van der Waals surface area contributed by atoms with E-state index in [0.717, 1.165) is 12.5 Å². The van der Waals surface area contributed by atoms with Crippen LogP contribution in [0.15, 0.2) is 18.2 Å². The lowest BCUT2D eigenvalue weighted by Crippen LogP contribution is -2.51. The molecule has 0 aliphatic carbocycles. The van der Waals surface area contributed by atoms with Gasteiger partial charge in [0.1, 0.15) is 0 Å². The molecule has 0 spiro atoms. The fraction of sp³-hybridized carbons (Fsp3) is 0.500. The van der Waals surface area contributed by atoms with E-state index in [2.05, 4.69) is 5.32 Å². The van der Waals surface area contributed by atoms with Gasteiger partial charge in [-0.2, -0.15) is 13.2 Å². The van der Waals surface area contributed by atoms with Gasteiger partial charge in [0.15, 0.2) is 0 Å². The molecule has 3 nitrogen and oxygen atoms in total. The first-order valence-electron chi connectivity index (χ1n) is 6.55. The van der Waals surface area contributed by atoms with Gasteiger partial charge in [0, 0.05) is 26.1 Å². The zero-order valence-electron chi connectivity index (χ0n) is 11.0. The highest BCUT2D eigenvalue weighted by atomic mass is 19.4. The van der Waals surface area contributed by atoms with Gasteiger partial charge in [0.25, 0.3) is 0 Å². The molecule has 1 amide bonds. The third-order valence-corrected chi connectivity index (χ3v) is 4.24. The lowest BCUT2D eigenvalue weighted by atomic mass is 9.74. The molecule has 2 heterocycles. The summed E-state index contributed by atoms with van der Waals surface area (Å²) in [5.74, 6) is -0.450. The quantitative estimate of drug-likeness (QED) is 0.793. The zero-order chi connectivity index (χ0) is 14.5. The van der Waals surface area contributed by atoms with Crippen molar-refractivity contribution in [1.82, 2.24) is 5.32 Å². The number of anilines is 1. The van der Waals surface area contributed by atoms with Gasteiger partial charge in [0.05, 0.1) is 11.1 Å². The maximum absolute atomic E-state index is 13.5. The van der Waals surface area contributed by atoms with Crippen LogP contribution in [0.4, 0.5) is 18.9 Å². The van der Waals surface area contributed by atoms with Crippen molar-refractivity contribution in [3.05, 3.63) is 29.3 Å². The molecule has 1 unspecified atom stereocenters. The minimum atomic E-state index is -4.44. The van der Waals surface area contributed by atoms with E-state index in [4.69, 9.17) is 0 Å². The maximum atomic E-state index is 13.5. The van der Waals surface area contributed by atoms with Gasteiger partial charge >= 0.3 is 6.18 Å². The number of nitrogens with one attached hydrogen (secondary N) is 1. The minimum Gasteiger partial charge on any atom is -0.311 e. The average Bonchev–Trinajstić information content (AvgIpc) is 2.58. The summed E-state index contributed by atoms with van der Waals surface area (Å²) in [6.07, 6.45) is -4.96. The van der Waals surface area contributed by atoms with E-state index in [9.17, 15) is 18.0 Å². The standard InChI is InChI=1S/C14H15F3N2O/c1-13(14(15,16)17)7-11(20)19-6-5-18-8-9-3-2-4-10(13)12(9)19/h2-4,18H,5-8H2,1H3. The molecular formula is C14H15F3N2O. The monoisotopic (exact) mass is 284 g/mol. The van der Waals surface area contributed by atoms with Crippen molar-refractivity contribution >= 4 is 11.6 Å². The molecule has 0 bridgehead atoms. The molecule has 0 fully saturated rings. The second kappa shape index (κ2) is 4.22. The van der Waals surface area contributed by atoms with Crippen LogP contribution in [-0.2, 0) is 16.8 Å². The summed E-state index contributed by atoms with van der Waals surface area (Å²) in [5, 5.41) is 3.13. The van der Waals surface area contributed by atoms with Crippen molar-refractivity contribution < 1.29 is 18.0 Å². The van der Waals surface area contributed by atoms with E-state index in [1.165, 1.54) is 11.0 Å². The predicted octanol–water partition coefficient (Wildman–Crippen LogP) is 2.35. The molecule has 2 aliphatic rings. The number of alkyl halides is 3. The van der Waals surface area contributed by atoms with Crippen molar-refractivity contribution in [2.24, 2.45) is 0 Å². The summed E-state index contributed by atoms with van der Waals surface area (Å²) in [5.41, 5.74) is -0.682. The van der Waals surface area contributed by atoms with Crippen molar-refractivity contribution in [2.75, 3.05) is 18.0 Å². The second-order valence-electron chi connectivity index (χ2n) is 5.54. The van der Waals surface area contributed by atoms with Gasteiger partial charge in [0.2, 0.25) is 5.91 Å². The average molecular weight is 284 g/mol. The van der Waals surface area contributed by atoms with E-state index in [-0.39, 0.29) is 5.56 Å². The SMILES string of the molecule is CC1(C(F)(F)F)CC(=O)N2CCNCc3cccc1c32. The van der Waals surface area contributed by atoms with Crippen LogP contribution in [0.1, 0.15) is 24.5 Å². The van der Waals surface area contributed by atoms with Gasteiger partial charge in [-0.25, -0.2) is 0 Å². The lowest BCUT2D eigenvalue weighted by molar-refractivity contribution is -0.190. The molecular weight excluding hydrogens is 269 g/mol. The van der Waals surface area contributed by atoms with Gasteiger partial charge in [-0.1, -0.05) is 18.2 Å². The van der Waals surface area contributed by atoms with Crippen LogP contribution < -0.4 is 10.2 Å². The highest BCUT2D eigenvalue weighted by Gasteiger charge is 2.57. The van der Waals surface area contributed by atoms with Crippen LogP contribution in [0.2, 0.25) is 0 Å². The Morgan fingerprint density at radius 2 is 2.10 bits per heavy atom. The molecule has 20 heavy (non-hydrogen) atoms. The number of hydrogen-bond acceptors (Lipinski definition) is 2. The van der Waals surface area contributed by atoms with Crippen LogP contribution in [0.3, 0.4) is 0 Å². The largest absolute Gasteiger partial charge is 0.398 e. The Hall–Kier alpha value is -1.56. The molecule has 2 aliphatic heterocycles. The number of nitrogens with zero attached hydrogens (tertiary/aromatic N) is 1. The fourth-order valence-corrected chi connectivity index (χ4v) is 3.02. The molecule has 1 atom stereocenters. The summed E-state index contributed by atoms with van der Waals surface area (Å²) in [6.45, 7) is 2.61. The molecule has 0 radical (unpaired) electrons. The summed E-state index contributed by atoms with van der Waals surface area (Å²) < 4.78 is 40.4. The highest BCUT2D eigenvalue weighted by molar-refractivity contribution is 5.99. The Labute approximate surface area is 114 Å². The molecule has 1 aromatic carbocycles. The molecule has 3 rings (SSSR count). The highest BCUT2D eigenvalue weighted by Crippen LogP contribution is 2.51. The van der Waals surface area contributed by atoms with Gasteiger partial charge in [-0.15, -0.1) is 0 Å². The topological polar surface area (TPSA) is 32.3 Å². The molecule has 6 heteroatoms. The Kier molecular flexibility index (Phi) is 2.83. The third-order valence-electron chi connectivity index (χ3n) is 4.24. The number of carbonyl (C=O) groups is 1. The first kappa shape index (κ1) is 13.4. The van der Waals surface area contributed by atoms with E-state index >= 15 is 0 Å². The van der Waals surface area contributed by atoms with Crippen LogP contribution in [0.5, 0.6) is 0 Å². The summed E-state index contributed by atoms with van der Waals surface area (Å²) >= 11 is 0. The van der Waals surface area contributed by atoms with E-state index in [1.807, 2.05) is 0 Å². The number of rotatable bonds is 0. The molecule has 108 valence electrons. The summed E-state index contributed by atoms with van der Waals surface area (Å²) in [7, 11) is 0. The van der Waals surface area contributed by atoms with Crippen molar-refractivity contribution in [1.29, 1.82) is 0 Å². The molecule has 0 saturated heterocycles. The normalized spacial score (nSPS) is 26.2. The van der Waals surface area contributed by atoms with Crippen LogP contribution in [0.25, 0.3) is 0 Å². The number of carbonyl (C=O) groups excluding carboxylic acids is 1. The van der Waals surface area contributed by atoms with E-state index < -0.39 is 23.9 Å². The second-order valence-corrected chi connectivity index (χ2v) is 5.54. The maximum Gasteiger partial charge on any atom is 0.398 e. The third kappa shape index (κ3) is 1.74. The van der Waals surface area contributed by atoms with Crippen LogP contribution in [0, 0.1) is 0 Å². The first-order valence-corrected chi connectivity index (χ1v) is 6.55. The van der Waals surface area contributed by atoms with Crippen LogP contribution >= 0.6 is 0 Å².